The highest BCUT2D eigenvalue weighted by Crippen LogP contribution is 2.77. The Balaban J connectivity index is 1.14. The molecule has 0 radical (unpaired) electrons. The largest absolute Gasteiger partial charge is 0.394 e. The molecule has 12 nitrogen and oxygen atoms in total. The Morgan fingerprint density at radius 2 is 1.25 bits per heavy atom. The first-order chi connectivity index (χ1) is 24.8. The molecule has 20 atom stereocenters. The number of allylic oxidation sites excluding steroid dienone is 1. The number of rotatable bonds is 7. The summed E-state index contributed by atoms with van der Waals surface area (Å²) in [5.41, 5.74) is 0.351. The molecule has 0 spiro atoms. The van der Waals surface area contributed by atoms with Gasteiger partial charge in [0.05, 0.1) is 24.9 Å². The van der Waals surface area contributed by atoms with Crippen LogP contribution in [0, 0.1) is 51.2 Å². The highest BCUT2D eigenvalue weighted by molar-refractivity contribution is 5.22. The van der Waals surface area contributed by atoms with Crippen LogP contribution in [0.1, 0.15) is 106 Å². The molecular formula is C41H68O12. The van der Waals surface area contributed by atoms with Gasteiger partial charge in [-0.1, -0.05) is 46.8 Å². The minimum Gasteiger partial charge on any atom is -0.394 e. The molecule has 0 bridgehead atoms. The molecule has 7 rings (SSSR count). The van der Waals surface area contributed by atoms with E-state index in [-0.39, 0.29) is 39.6 Å². The molecule has 2 saturated heterocycles. The minimum absolute atomic E-state index is 0.00264. The Bertz CT molecular complexity index is 1360. The van der Waals surface area contributed by atoms with E-state index in [4.69, 9.17) is 18.9 Å². The first kappa shape index (κ1) is 40.5. The average Bonchev–Trinajstić information content (AvgIpc) is 3.49. The van der Waals surface area contributed by atoms with E-state index >= 15 is 0 Å². The summed E-state index contributed by atoms with van der Waals surface area (Å²) in [5, 5.41) is 83.4. The molecule has 7 fully saturated rings. The molecule has 0 amide bonds. The summed E-state index contributed by atoms with van der Waals surface area (Å²) in [6.07, 6.45) is -3.91. The normalized spacial score (nSPS) is 56.4. The fraction of sp³-hybridized carbons (Fsp3) is 0.951. The van der Waals surface area contributed by atoms with Crippen LogP contribution in [0.15, 0.2) is 12.2 Å². The Morgan fingerprint density at radius 1 is 0.642 bits per heavy atom. The van der Waals surface area contributed by atoms with Crippen LogP contribution in [-0.2, 0) is 18.9 Å². The number of fused-ring (bicyclic) bond motifs is 7. The molecule has 2 aliphatic heterocycles. The Hall–Kier alpha value is -0.740. The molecule has 53 heavy (non-hydrogen) atoms. The zero-order valence-electron chi connectivity index (χ0n) is 32.6. The fourth-order valence-corrected chi connectivity index (χ4v) is 14.2. The second-order valence-corrected chi connectivity index (χ2v) is 19.7. The highest BCUT2D eigenvalue weighted by atomic mass is 16.7. The van der Waals surface area contributed by atoms with E-state index in [1.165, 1.54) is 0 Å². The average molecular weight is 753 g/mol. The summed E-state index contributed by atoms with van der Waals surface area (Å²) in [6.45, 7) is 17.7. The summed E-state index contributed by atoms with van der Waals surface area (Å²) in [4.78, 5) is 0. The van der Waals surface area contributed by atoms with Crippen molar-refractivity contribution in [3.05, 3.63) is 12.2 Å². The highest BCUT2D eigenvalue weighted by Gasteiger charge is 2.72. The van der Waals surface area contributed by atoms with Crippen LogP contribution in [-0.4, -0.2) is 127 Å². The van der Waals surface area contributed by atoms with E-state index in [9.17, 15) is 40.9 Å². The van der Waals surface area contributed by atoms with Gasteiger partial charge >= 0.3 is 0 Å². The summed E-state index contributed by atoms with van der Waals surface area (Å²) >= 11 is 0. The van der Waals surface area contributed by atoms with Gasteiger partial charge in [-0.2, -0.15) is 0 Å². The van der Waals surface area contributed by atoms with E-state index in [0.717, 1.165) is 69.8 Å². The fourth-order valence-electron chi connectivity index (χ4n) is 14.2. The number of hydrogen-bond acceptors (Lipinski definition) is 12. The number of aliphatic hydroxyl groups excluding tert-OH is 8. The van der Waals surface area contributed by atoms with Crippen molar-refractivity contribution in [2.45, 2.75) is 179 Å². The summed E-state index contributed by atoms with van der Waals surface area (Å²) in [6, 6.07) is 0. The smallest absolute Gasteiger partial charge is 0.187 e. The first-order valence-corrected chi connectivity index (χ1v) is 20.4. The van der Waals surface area contributed by atoms with Crippen molar-refractivity contribution in [1.82, 2.24) is 0 Å². The molecule has 8 N–H and O–H groups in total. The van der Waals surface area contributed by atoms with Gasteiger partial charge in [-0.3, -0.25) is 0 Å². The summed E-state index contributed by atoms with van der Waals surface area (Å²) in [7, 11) is 0. The third kappa shape index (κ3) is 5.89. The monoisotopic (exact) mass is 752 g/mol. The zero-order chi connectivity index (χ0) is 38.6. The number of hydrogen-bond donors (Lipinski definition) is 8. The van der Waals surface area contributed by atoms with Crippen LogP contribution in [0.2, 0.25) is 0 Å². The molecule has 304 valence electrons. The van der Waals surface area contributed by atoms with Crippen molar-refractivity contribution in [2.24, 2.45) is 51.2 Å². The third-order valence-electron chi connectivity index (χ3n) is 17.3. The maximum absolute atomic E-state index is 11.1. The van der Waals surface area contributed by atoms with Crippen molar-refractivity contribution in [3.63, 3.8) is 0 Å². The maximum Gasteiger partial charge on any atom is 0.187 e. The molecule has 5 aliphatic carbocycles. The molecule has 0 aromatic heterocycles. The molecule has 0 aromatic carbocycles. The van der Waals surface area contributed by atoms with Gasteiger partial charge in [0, 0.05) is 0 Å². The lowest BCUT2D eigenvalue weighted by atomic mass is 9.33. The van der Waals surface area contributed by atoms with Crippen LogP contribution in [0.4, 0.5) is 0 Å². The topological polar surface area (TPSA) is 199 Å². The predicted octanol–water partition coefficient (Wildman–Crippen LogP) is 2.40. The van der Waals surface area contributed by atoms with Gasteiger partial charge in [0.2, 0.25) is 0 Å². The van der Waals surface area contributed by atoms with Gasteiger partial charge in [-0.05, 0) is 122 Å². The quantitative estimate of drug-likeness (QED) is 0.140. The SMILES string of the molecule is C=C(C)[C@@H]1CC[C@]2(O[C@H]3O[C@H](CO)[C@@H](O)[C@H](O)[C@@H]3O)CC[C@]3(C)[C@H](CC[C@@H]4[C@@]5(C)CC[C@H](O[C@H]6O[C@H](CO)[C@@H](O)[C@H](O)[C@@H]6O)C(C)(C)[C@@H]5CC[C@]43C)[C@@H]12. The van der Waals surface area contributed by atoms with Gasteiger partial charge in [-0.25, -0.2) is 0 Å². The van der Waals surface area contributed by atoms with E-state index in [0.29, 0.717) is 17.8 Å². The zero-order valence-corrected chi connectivity index (χ0v) is 32.6. The summed E-state index contributed by atoms with van der Waals surface area (Å²) < 4.78 is 25.2. The maximum atomic E-state index is 11.1. The predicted molar refractivity (Wildman–Crippen MR) is 193 cm³/mol. The molecule has 7 aliphatic rings. The van der Waals surface area contributed by atoms with Gasteiger partial charge in [0.1, 0.15) is 48.8 Å². The van der Waals surface area contributed by atoms with Crippen LogP contribution in [0.5, 0.6) is 0 Å². The molecule has 0 unspecified atom stereocenters. The lowest BCUT2D eigenvalue weighted by molar-refractivity contribution is -0.347. The Labute approximate surface area is 314 Å². The van der Waals surface area contributed by atoms with Crippen LogP contribution < -0.4 is 0 Å². The lowest BCUT2D eigenvalue weighted by Crippen LogP contribution is -2.68. The minimum atomic E-state index is -1.49. The van der Waals surface area contributed by atoms with E-state index in [1.807, 2.05) is 0 Å². The molecular weight excluding hydrogens is 684 g/mol. The van der Waals surface area contributed by atoms with E-state index < -0.39 is 80.2 Å². The number of aliphatic hydroxyl groups is 8. The van der Waals surface area contributed by atoms with Crippen molar-refractivity contribution in [3.8, 4) is 0 Å². The third-order valence-corrected chi connectivity index (χ3v) is 17.3. The second kappa shape index (κ2) is 14.0. The van der Waals surface area contributed by atoms with Crippen molar-refractivity contribution in [1.29, 1.82) is 0 Å². The van der Waals surface area contributed by atoms with Crippen molar-refractivity contribution >= 4 is 0 Å². The van der Waals surface area contributed by atoms with Gasteiger partial charge in [-0.15, -0.1) is 0 Å². The van der Waals surface area contributed by atoms with Gasteiger partial charge in [0.15, 0.2) is 12.6 Å². The Kier molecular flexibility index (Phi) is 10.7. The number of ether oxygens (including phenoxy) is 4. The first-order valence-electron chi connectivity index (χ1n) is 20.4. The van der Waals surface area contributed by atoms with Gasteiger partial charge < -0.3 is 59.8 Å². The van der Waals surface area contributed by atoms with Crippen LogP contribution in [0.3, 0.4) is 0 Å². The molecule has 5 saturated carbocycles. The molecule has 12 heteroatoms. The van der Waals surface area contributed by atoms with Crippen molar-refractivity contribution in [2.75, 3.05) is 13.2 Å². The Morgan fingerprint density at radius 3 is 1.85 bits per heavy atom. The lowest BCUT2D eigenvalue weighted by Gasteiger charge is -2.73. The van der Waals surface area contributed by atoms with E-state index in [2.05, 4.69) is 48.1 Å². The standard InChI is InChI=1S/C41H68O12/c1-20(2)21-10-15-41(53-36-34(49)32(47)30(45)24(19-43)51-36)17-16-39(6)22(28(21)41)8-9-26-38(5)13-12-27(37(3,4)25(38)11-14-40(26,39)7)52-35-33(48)31(46)29(44)23(18-42)50-35/h21-36,42-49H,1,8-19H2,2-7H3/t21-,22+,23+,24+,25-,26+,27-,28+,29+,30+,31-,32-,33-,34-,35+,36+,38-,39+,40+,41-/m0/s1. The second-order valence-electron chi connectivity index (χ2n) is 19.7. The van der Waals surface area contributed by atoms with E-state index in [1.54, 1.807) is 0 Å². The molecule has 2 heterocycles. The van der Waals surface area contributed by atoms with Crippen molar-refractivity contribution < 1.29 is 59.8 Å². The van der Waals surface area contributed by atoms with Crippen LogP contribution >= 0.6 is 0 Å². The molecule has 0 aromatic rings. The van der Waals surface area contributed by atoms with Crippen LogP contribution in [0.25, 0.3) is 0 Å². The van der Waals surface area contributed by atoms with Gasteiger partial charge in [0.25, 0.3) is 0 Å². The summed E-state index contributed by atoms with van der Waals surface area (Å²) in [5.74, 6) is 1.53.